The van der Waals surface area contributed by atoms with Gasteiger partial charge in [-0.3, -0.25) is 9.59 Å². The van der Waals surface area contributed by atoms with Gasteiger partial charge in [0.2, 0.25) is 0 Å². The Hall–Kier alpha value is -3.94. The van der Waals surface area contributed by atoms with E-state index >= 15 is 0 Å². The molecule has 8 nitrogen and oxygen atoms in total. The van der Waals surface area contributed by atoms with Gasteiger partial charge in [-0.2, -0.15) is 5.10 Å². The molecule has 1 aliphatic rings. The van der Waals surface area contributed by atoms with Crippen LogP contribution in [0.5, 0.6) is 5.75 Å². The molecule has 0 atom stereocenters. The molecule has 0 spiro atoms. The number of benzene rings is 2. The van der Waals surface area contributed by atoms with E-state index in [2.05, 4.69) is 5.10 Å². The third-order valence-electron chi connectivity index (χ3n) is 4.05. The maximum atomic E-state index is 12.3. The lowest BCUT2D eigenvalue weighted by Gasteiger charge is -2.11. The first-order valence-corrected chi connectivity index (χ1v) is 7.98. The molecule has 0 saturated heterocycles. The minimum absolute atomic E-state index is 0.0469. The Morgan fingerprint density at radius 1 is 0.963 bits per heavy atom. The van der Waals surface area contributed by atoms with E-state index in [0.717, 1.165) is 0 Å². The number of fused-ring (bicyclic) bond motifs is 1. The van der Waals surface area contributed by atoms with Crippen molar-refractivity contribution in [3.8, 4) is 11.4 Å². The van der Waals surface area contributed by atoms with Crippen molar-refractivity contribution >= 4 is 17.8 Å². The first kappa shape index (κ1) is 16.5. The number of methoxy groups -OCH3 is 1. The van der Waals surface area contributed by atoms with Crippen molar-refractivity contribution < 1.29 is 24.0 Å². The second-order valence-electron chi connectivity index (χ2n) is 5.68. The van der Waals surface area contributed by atoms with Crippen molar-refractivity contribution in [2.24, 2.45) is 0 Å². The number of hydroxylamine groups is 2. The molecule has 2 amide bonds. The summed E-state index contributed by atoms with van der Waals surface area (Å²) in [5.41, 5.74) is 1.01. The Labute approximate surface area is 153 Å². The summed E-state index contributed by atoms with van der Waals surface area (Å²) in [6.07, 6.45) is 1.56. The number of hydrogen-bond donors (Lipinski definition) is 0. The lowest BCUT2D eigenvalue weighted by atomic mass is 10.1. The van der Waals surface area contributed by atoms with Gasteiger partial charge in [-0.15, -0.1) is 0 Å². The van der Waals surface area contributed by atoms with Crippen LogP contribution in [0.15, 0.2) is 60.8 Å². The summed E-state index contributed by atoms with van der Waals surface area (Å²) in [6, 6.07) is 14.8. The van der Waals surface area contributed by atoms with Crippen LogP contribution in [-0.4, -0.2) is 39.7 Å². The Morgan fingerprint density at radius 3 is 2.33 bits per heavy atom. The summed E-state index contributed by atoms with van der Waals surface area (Å²) < 4.78 is 6.62. The van der Waals surface area contributed by atoms with Gasteiger partial charge in [-0.05, 0) is 30.3 Å². The molecule has 1 aliphatic heterocycles. The standard InChI is InChI=1S/C19H13N3O5/c1-26-13-6-4-5-12(11-13)21-10-9-16(20-21)19(25)27-22-17(23)14-7-2-3-8-15(14)18(22)24/h2-11H,1H3. The van der Waals surface area contributed by atoms with E-state index in [9.17, 15) is 14.4 Å². The normalized spacial score (nSPS) is 12.9. The maximum Gasteiger partial charge on any atom is 0.384 e. The van der Waals surface area contributed by atoms with Crippen LogP contribution >= 0.6 is 0 Å². The van der Waals surface area contributed by atoms with Crippen LogP contribution in [0.3, 0.4) is 0 Å². The molecule has 0 bridgehead atoms. The van der Waals surface area contributed by atoms with Gasteiger partial charge >= 0.3 is 5.97 Å². The highest BCUT2D eigenvalue weighted by molar-refractivity contribution is 6.21. The van der Waals surface area contributed by atoms with E-state index in [1.807, 2.05) is 0 Å². The number of carbonyl (C=O) groups is 3. The van der Waals surface area contributed by atoms with Gasteiger partial charge in [-0.25, -0.2) is 9.48 Å². The topological polar surface area (TPSA) is 90.7 Å². The lowest BCUT2D eigenvalue weighted by Crippen LogP contribution is -2.32. The number of rotatable bonds is 4. The predicted molar refractivity (Wildman–Crippen MR) is 92.5 cm³/mol. The quantitative estimate of drug-likeness (QED) is 0.661. The van der Waals surface area contributed by atoms with Crippen LogP contribution in [0.25, 0.3) is 5.69 Å². The van der Waals surface area contributed by atoms with Gasteiger partial charge in [0.15, 0.2) is 5.69 Å². The number of ether oxygens (including phenoxy) is 1. The molecule has 4 rings (SSSR count). The van der Waals surface area contributed by atoms with Gasteiger partial charge < -0.3 is 9.57 Å². The van der Waals surface area contributed by atoms with Crippen molar-refractivity contribution in [3.05, 3.63) is 77.6 Å². The van der Waals surface area contributed by atoms with Gasteiger partial charge in [0, 0.05) is 12.3 Å². The minimum Gasteiger partial charge on any atom is -0.497 e. The van der Waals surface area contributed by atoms with Gasteiger partial charge in [0.05, 0.1) is 23.9 Å². The van der Waals surface area contributed by atoms with Crippen LogP contribution in [0.2, 0.25) is 0 Å². The van der Waals surface area contributed by atoms with E-state index in [1.54, 1.807) is 49.7 Å². The average Bonchev–Trinajstić information content (AvgIpc) is 3.29. The largest absolute Gasteiger partial charge is 0.497 e. The van der Waals surface area contributed by atoms with Crippen LogP contribution in [0.1, 0.15) is 31.2 Å². The first-order chi connectivity index (χ1) is 13.1. The van der Waals surface area contributed by atoms with Crippen molar-refractivity contribution in [2.45, 2.75) is 0 Å². The summed E-state index contributed by atoms with van der Waals surface area (Å²) in [7, 11) is 1.55. The Bertz CT molecular complexity index is 1040. The Kier molecular flexibility index (Phi) is 3.92. The highest BCUT2D eigenvalue weighted by Gasteiger charge is 2.39. The molecule has 2 heterocycles. The Morgan fingerprint density at radius 2 is 1.67 bits per heavy atom. The second-order valence-corrected chi connectivity index (χ2v) is 5.68. The fourth-order valence-electron chi connectivity index (χ4n) is 2.71. The molecule has 8 heteroatoms. The lowest BCUT2D eigenvalue weighted by molar-refractivity contribution is -0.0588. The molecule has 0 radical (unpaired) electrons. The molecule has 0 aliphatic carbocycles. The van der Waals surface area contributed by atoms with E-state index < -0.39 is 17.8 Å². The monoisotopic (exact) mass is 363 g/mol. The third kappa shape index (κ3) is 2.82. The molecule has 0 saturated carbocycles. The predicted octanol–water partition coefficient (Wildman–Crippen LogP) is 2.25. The molecule has 0 fully saturated rings. The van der Waals surface area contributed by atoms with E-state index in [-0.39, 0.29) is 16.8 Å². The van der Waals surface area contributed by atoms with Gasteiger partial charge in [-0.1, -0.05) is 23.3 Å². The first-order valence-electron chi connectivity index (χ1n) is 7.98. The second kappa shape index (κ2) is 6.41. The number of carbonyl (C=O) groups excluding carboxylic acids is 3. The SMILES string of the molecule is COc1cccc(-n2ccc(C(=O)ON3C(=O)c4ccccc4C3=O)n2)c1. The minimum atomic E-state index is -0.911. The number of aromatic nitrogens is 2. The molecule has 0 unspecified atom stereocenters. The van der Waals surface area contributed by atoms with Crippen LogP contribution in [0, 0.1) is 0 Å². The molecule has 134 valence electrons. The van der Waals surface area contributed by atoms with Crippen molar-refractivity contribution in [3.63, 3.8) is 0 Å². The molecule has 2 aromatic carbocycles. The molecule has 27 heavy (non-hydrogen) atoms. The fraction of sp³-hybridized carbons (Fsp3) is 0.0526. The number of hydrogen-bond acceptors (Lipinski definition) is 6. The number of amides is 2. The Balaban J connectivity index is 1.54. The molecule has 1 aromatic heterocycles. The third-order valence-corrected chi connectivity index (χ3v) is 4.05. The molecular formula is C19H13N3O5. The number of nitrogens with zero attached hydrogens (tertiary/aromatic N) is 3. The summed E-state index contributed by atoms with van der Waals surface area (Å²) in [4.78, 5) is 41.9. The van der Waals surface area contributed by atoms with Crippen LogP contribution in [-0.2, 0) is 4.84 Å². The van der Waals surface area contributed by atoms with Crippen molar-refractivity contribution in [2.75, 3.05) is 7.11 Å². The summed E-state index contributed by atoms with van der Waals surface area (Å²) >= 11 is 0. The van der Waals surface area contributed by atoms with Gasteiger partial charge in [0.25, 0.3) is 11.8 Å². The summed E-state index contributed by atoms with van der Waals surface area (Å²) in [6.45, 7) is 0. The zero-order valence-corrected chi connectivity index (χ0v) is 14.2. The smallest absolute Gasteiger partial charge is 0.384 e. The zero-order chi connectivity index (χ0) is 19.0. The van der Waals surface area contributed by atoms with Crippen LogP contribution in [0.4, 0.5) is 0 Å². The fourth-order valence-corrected chi connectivity index (χ4v) is 2.71. The van der Waals surface area contributed by atoms with E-state index in [0.29, 0.717) is 16.5 Å². The van der Waals surface area contributed by atoms with Crippen molar-refractivity contribution in [1.82, 2.24) is 14.8 Å². The van der Waals surface area contributed by atoms with Crippen LogP contribution < -0.4 is 4.74 Å². The molecule has 0 N–H and O–H groups in total. The van der Waals surface area contributed by atoms with E-state index in [4.69, 9.17) is 9.57 Å². The van der Waals surface area contributed by atoms with Crippen molar-refractivity contribution in [1.29, 1.82) is 0 Å². The average molecular weight is 363 g/mol. The molecule has 3 aromatic rings. The zero-order valence-electron chi connectivity index (χ0n) is 14.2. The van der Waals surface area contributed by atoms with E-state index in [1.165, 1.54) is 22.9 Å². The summed E-state index contributed by atoms with van der Waals surface area (Å²) in [5, 5.41) is 4.59. The van der Waals surface area contributed by atoms with Gasteiger partial charge in [0.1, 0.15) is 5.75 Å². The highest BCUT2D eigenvalue weighted by atomic mass is 16.7. The highest BCUT2D eigenvalue weighted by Crippen LogP contribution is 2.23. The summed E-state index contributed by atoms with van der Waals surface area (Å²) in [5.74, 6) is -1.64. The maximum absolute atomic E-state index is 12.3. The molecular weight excluding hydrogens is 350 g/mol. The number of imide groups is 1.